The van der Waals surface area contributed by atoms with Crippen LogP contribution in [0.4, 0.5) is 11.6 Å². The van der Waals surface area contributed by atoms with Gasteiger partial charge in [-0.3, -0.25) is 0 Å². The van der Waals surface area contributed by atoms with Crippen molar-refractivity contribution in [2.45, 2.75) is 32.7 Å². The van der Waals surface area contributed by atoms with Crippen molar-refractivity contribution in [2.75, 3.05) is 28.7 Å². The molecule has 2 N–H and O–H groups in total. The van der Waals surface area contributed by atoms with Crippen LogP contribution in [-0.2, 0) is 9.84 Å². The van der Waals surface area contributed by atoms with Crippen LogP contribution in [0.15, 0.2) is 6.33 Å². The molecule has 1 aliphatic heterocycles. The molecule has 0 bridgehead atoms. The molecule has 1 aromatic heterocycles. The molecule has 1 saturated heterocycles. The lowest BCUT2D eigenvalue weighted by atomic mass is 10.0. The average Bonchev–Trinajstić information content (AvgIpc) is 2.59. The number of rotatable bonds is 4. The maximum absolute atomic E-state index is 11.6. The molecule has 2 rings (SSSR count). The molecule has 0 amide bonds. The third-order valence-corrected chi connectivity index (χ3v) is 5.25. The lowest BCUT2D eigenvalue weighted by Crippen LogP contribution is -2.36. The largest absolute Gasteiger partial charge is 0.370 e. The van der Waals surface area contributed by atoms with E-state index in [4.69, 9.17) is 0 Å². The maximum atomic E-state index is 11.6. The zero-order valence-electron chi connectivity index (χ0n) is 11.5. The van der Waals surface area contributed by atoms with E-state index in [1.165, 1.54) is 6.33 Å². The van der Waals surface area contributed by atoms with E-state index >= 15 is 0 Å². The van der Waals surface area contributed by atoms with E-state index in [-0.39, 0.29) is 11.5 Å². The second-order valence-corrected chi connectivity index (χ2v) is 7.44. The Balaban J connectivity index is 2.22. The van der Waals surface area contributed by atoms with Gasteiger partial charge in [-0.15, -0.1) is 0 Å². The molecule has 1 atom stereocenters. The summed E-state index contributed by atoms with van der Waals surface area (Å²) in [5.74, 6) is 1.87. The van der Waals surface area contributed by atoms with Crippen LogP contribution >= 0.6 is 0 Å². The standard InChI is InChI=1S/C12H20N4O2S/c1-4-13-10-9(2)11(15-8-14-10)16-12(3)5-6-19(17,18)7-12/h8H,4-7H2,1-3H3,(H2,13,14,15,16). The molecular formula is C12H20N4O2S. The number of anilines is 2. The number of hydrogen-bond acceptors (Lipinski definition) is 6. The molecule has 1 unspecified atom stereocenters. The van der Waals surface area contributed by atoms with Gasteiger partial charge in [-0.2, -0.15) is 0 Å². The molecule has 7 heteroatoms. The minimum absolute atomic E-state index is 0.153. The molecule has 1 aliphatic rings. The minimum Gasteiger partial charge on any atom is -0.370 e. The Bertz CT molecular complexity index is 573. The number of hydrogen-bond donors (Lipinski definition) is 2. The van der Waals surface area contributed by atoms with Crippen LogP contribution < -0.4 is 10.6 Å². The fraction of sp³-hybridized carbons (Fsp3) is 0.667. The van der Waals surface area contributed by atoms with Gasteiger partial charge in [-0.05, 0) is 27.2 Å². The van der Waals surface area contributed by atoms with Gasteiger partial charge in [0.25, 0.3) is 0 Å². The molecule has 0 saturated carbocycles. The van der Waals surface area contributed by atoms with Crippen LogP contribution in [0.1, 0.15) is 25.8 Å². The van der Waals surface area contributed by atoms with Gasteiger partial charge in [0.05, 0.1) is 17.0 Å². The smallest absolute Gasteiger partial charge is 0.152 e. The Hall–Kier alpha value is -1.37. The monoisotopic (exact) mass is 284 g/mol. The fourth-order valence-electron chi connectivity index (χ4n) is 2.32. The van der Waals surface area contributed by atoms with Gasteiger partial charge in [-0.1, -0.05) is 0 Å². The minimum atomic E-state index is -2.93. The molecule has 6 nitrogen and oxygen atoms in total. The molecule has 19 heavy (non-hydrogen) atoms. The van der Waals surface area contributed by atoms with Crippen molar-refractivity contribution in [3.05, 3.63) is 11.9 Å². The Morgan fingerprint density at radius 3 is 2.63 bits per heavy atom. The van der Waals surface area contributed by atoms with E-state index in [1.807, 2.05) is 20.8 Å². The van der Waals surface area contributed by atoms with E-state index in [2.05, 4.69) is 20.6 Å². The van der Waals surface area contributed by atoms with Crippen molar-refractivity contribution in [1.29, 1.82) is 0 Å². The molecular weight excluding hydrogens is 264 g/mol. The first-order chi connectivity index (χ1) is 8.85. The zero-order valence-corrected chi connectivity index (χ0v) is 12.3. The summed E-state index contributed by atoms with van der Waals surface area (Å²) in [7, 11) is -2.93. The maximum Gasteiger partial charge on any atom is 0.152 e. The SMILES string of the molecule is CCNc1ncnc(NC2(C)CCS(=O)(=O)C2)c1C. The average molecular weight is 284 g/mol. The van der Waals surface area contributed by atoms with E-state index in [9.17, 15) is 8.42 Å². The van der Waals surface area contributed by atoms with E-state index in [1.54, 1.807) is 0 Å². The second-order valence-electron chi connectivity index (χ2n) is 5.25. The normalized spacial score (nSPS) is 25.2. The summed E-state index contributed by atoms with van der Waals surface area (Å²) >= 11 is 0. The molecule has 1 aromatic rings. The van der Waals surface area contributed by atoms with Crippen LogP contribution in [0.2, 0.25) is 0 Å². The molecule has 106 valence electrons. The van der Waals surface area contributed by atoms with Gasteiger partial charge in [-0.25, -0.2) is 18.4 Å². The fourth-order valence-corrected chi connectivity index (χ4v) is 4.41. The van der Waals surface area contributed by atoms with Crippen molar-refractivity contribution in [3.63, 3.8) is 0 Å². The van der Waals surface area contributed by atoms with Crippen LogP contribution in [0, 0.1) is 6.92 Å². The number of nitrogens with zero attached hydrogens (tertiary/aromatic N) is 2. The predicted octanol–water partition coefficient (Wildman–Crippen LogP) is 1.21. The summed E-state index contributed by atoms with van der Waals surface area (Å²) in [5.41, 5.74) is 0.469. The molecule has 0 aliphatic carbocycles. The van der Waals surface area contributed by atoms with Crippen LogP contribution in [-0.4, -0.2) is 42.0 Å². The van der Waals surface area contributed by atoms with Gasteiger partial charge >= 0.3 is 0 Å². The highest BCUT2D eigenvalue weighted by molar-refractivity contribution is 7.91. The highest BCUT2D eigenvalue weighted by atomic mass is 32.2. The highest BCUT2D eigenvalue weighted by Crippen LogP contribution is 2.29. The van der Waals surface area contributed by atoms with Gasteiger partial charge in [0.15, 0.2) is 9.84 Å². The molecule has 1 fully saturated rings. The third kappa shape index (κ3) is 3.15. The Kier molecular flexibility index (Phi) is 3.66. The summed E-state index contributed by atoms with van der Waals surface area (Å²) in [6.45, 7) is 6.63. The number of sulfone groups is 1. The summed E-state index contributed by atoms with van der Waals surface area (Å²) in [5, 5.41) is 6.43. The third-order valence-electron chi connectivity index (χ3n) is 3.35. The highest BCUT2D eigenvalue weighted by Gasteiger charge is 2.38. The van der Waals surface area contributed by atoms with Crippen molar-refractivity contribution in [2.24, 2.45) is 0 Å². The van der Waals surface area contributed by atoms with Crippen LogP contribution in [0.3, 0.4) is 0 Å². The Morgan fingerprint density at radius 1 is 1.37 bits per heavy atom. The Morgan fingerprint density at radius 2 is 2.05 bits per heavy atom. The van der Waals surface area contributed by atoms with Gasteiger partial charge in [0.2, 0.25) is 0 Å². The van der Waals surface area contributed by atoms with Gasteiger partial charge < -0.3 is 10.6 Å². The molecule has 0 spiro atoms. The predicted molar refractivity (Wildman–Crippen MR) is 76.2 cm³/mol. The van der Waals surface area contributed by atoms with Crippen LogP contribution in [0.5, 0.6) is 0 Å². The summed E-state index contributed by atoms with van der Waals surface area (Å²) in [6, 6.07) is 0. The van der Waals surface area contributed by atoms with Gasteiger partial charge in [0, 0.05) is 12.1 Å². The number of aromatic nitrogens is 2. The number of nitrogens with one attached hydrogen (secondary N) is 2. The lowest BCUT2D eigenvalue weighted by Gasteiger charge is -2.25. The topological polar surface area (TPSA) is 84.0 Å². The van der Waals surface area contributed by atoms with E-state index in [0.717, 1.165) is 17.9 Å². The first-order valence-corrected chi connectivity index (χ1v) is 8.21. The lowest BCUT2D eigenvalue weighted by molar-refractivity contribution is 0.571. The van der Waals surface area contributed by atoms with Crippen molar-refractivity contribution < 1.29 is 8.42 Å². The molecule has 0 radical (unpaired) electrons. The Labute approximate surface area is 114 Å². The zero-order chi connectivity index (χ0) is 14.1. The summed E-state index contributed by atoms with van der Waals surface area (Å²) in [4.78, 5) is 8.39. The van der Waals surface area contributed by atoms with Gasteiger partial charge in [0.1, 0.15) is 18.0 Å². The van der Waals surface area contributed by atoms with Crippen molar-refractivity contribution >= 4 is 21.5 Å². The second kappa shape index (κ2) is 4.96. The first kappa shape index (κ1) is 14.0. The van der Waals surface area contributed by atoms with Crippen LogP contribution in [0.25, 0.3) is 0 Å². The quantitative estimate of drug-likeness (QED) is 0.864. The first-order valence-electron chi connectivity index (χ1n) is 6.39. The summed E-state index contributed by atoms with van der Waals surface area (Å²) in [6.07, 6.45) is 2.09. The van der Waals surface area contributed by atoms with E-state index in [0.29, 0.717) is 12.2 Å². The molecule has 2 heterocycles. The summed E-state index contributed by atoms with van der Waals surface area (Å²) < 4.78 is 23.2. The van der Waals surface area contributed by atoms with E-state index < -0.39 is 15.4 Å². The van der Waals surface area contributed by atoms with Crippen molar-refractivity contribution in [1.82, 2.24) is 9.97 Å². The van der Waals surface area contributed by atoms with Crippen molar-refractivity contribution in [3.8, 4) is 0 Å². The molecule has 0 aromatic carbocycles.